The van der Waals surface area contributed by atoms with Gasteiger partial charge < -0.3 is 4.74 Å². The third-order valence-electron chi connectivity index (χ3n) is 3.03. The molecule has 0 aliphatic heterocycles. The average molecular weight is 339 g/mol. The van der Waals surface area contributed by atoms with E-state index >= 15 is 0 Å². The Bertz CT molecular complexity index is 540. The number of benzene rings is 1. The Labute approximate surface area is 115 Å². The Morgan fingerprint density at radius 1 is 1.39 bits per heavy atom. The lowest BCUT2D eigenvalue weighted by Crippen LogP contribution is -2.35. The second-order valence-electron chi connectivity index (χ2n) is 4.63. The van der Waals surface area contributed by atoms with Gasteiger partial charge in [-0.05, 0) is 31.5 Å². The fourth-order valence-corrected chi connectivity index (χ4v) is 3.24. The number of sulfone groups is 1. The first-order chi connectivity index (χ1) is 8.11. The number of ether oxygens (including phenoxy) is 1. The van der Waals surface area contributed by atoms with Gasteiger partial charge in [0, 0.05) is 6.26 Å². The lowest BCUT2D eigenvalue weighted by Gasteiger charge is -2.28. The van der Waals surface area contributed by atoms with Crippen LogP contribution in [-0.2, 0) is 9.84 Å². The lowest BCUT2D eigenvalue weighted by molar-refractivity contribution is 0.386. The van der Waals surface area contributed by atoms with Gasteiger partial charge in [-0.15, -0.1) is 0 Å². The number of rotatable bonds is 4. The molecule has 0 N–H and O–H groups in total. The maximum Gasteiger partial charge on any atom is 0.165 e. The smallest absolute Gasteiger partial charge is 0.165 e. The minimum Gasteiger partial charge on any atom is -0.494 e. The number of hydrogen-bond acceptors (Lipinski definition) is 3. The molecule has 0 amide bonds. The van der Waals surface area contributed by atoms with Gasteiger partial charge in [0.25, 0.3) is 0 Å². The maximum atomic E-state index is 13.6. The van der Waals surface area contributed by atoms with Crippen LogP contribution in [0.5, 0.6) is 5.75 Å². The highest BCUT2D eigenvalue weighted by Crippen LogP contribution is 2.40. The Hall–Kier alpha value is -0.620. The largest absolute Gasteiger partial charge is 0.494 e. The van der Waals surface area contributed by atoms with Crippen LogP contribution in [0.3, 0.4) is 0 Å². The predicted octanol–water partition coefficient (Wildman–Crippen LogP) is 3.09. The molecule has 0 aliphatic rings. The summed E-state index contributed by atoms with van der Waals surface area (Å²) in [6, 6.07) is 4.41. The van der Waals surface area contributed by atoms with Gasteiger partial charge in [0.2, 0.25) is 0 Å². The summed E-state index contributed by atoms with van der Waals surface area (Å²) in [6.07, 6.45) is 1.17. The molecule has 18 heavy (non-hydrogen) atoms. The summed E-state index contributed by atoms with van der Waals surface area (Å²) in [5.41, 5.74) is 0.559. The van der Waals surface area contributed by atoms with Crippen molar-refractivity contribution in [2.45, 2.75) is 23.4 Å². The van der Waals surface area contributed by atoms with Crippen molar-refractivity contribution in [2.75, 3.05) is 13.4 Å². The van der Waals surface area contributed by atoms with Crippen LogP contribution >= 0.6 is 15.9 Å². The Morgan fingerprint density at radius 2 is 1.94 bits per heavy atom. The van der Waals surface area contributed by atoms with Crippen LogP contribution in [0.15, 0.2) is 18.2 Å². The monoisotopic (exact) mass is 338 g/mol. The molecule has 0 radical (unpaired) electrons. The fourth-order valence-electron chi connectivity index (χ4n) is 1.43. The first kappa shape index (κ1) is 15.4. The van der Waals surface area contributed by atoms with Crippen LogP contribution in [0, 0.1) is 5.82 Å². The number of halogens is 2. The highest BCUT2D eigenvalue weighted by Gasteiger charge is 2.38. The molecule has 0 heterocycles. The zero-order chi connectivity index (χ0) is 14.1. The molecule has 0 saturated carbocycles. The molecule has 0 spiro atoms. The molecule has 0 aromatic heterocycles. The van der Waals surface area contributed by atoms with Crippen LogP contribution < -0.4 is 4.74 Å². The average Bonchev–Trinajstić information content (AvgIpc) is 2.26. The Kier molecular flexibility index (Phi) is 4.43. The number of hydrogen-bond donors (Lipinski definition) is 0. The number of alkyl halides is 1. The third-order valence-corrected chi connectivity index (χ3v) is 7.16. The molecule has 3 nitrogen and oxygen atoms in total. The van der Waals surface area contributed by atoms with Crippen molar-refractivity contribution in [1.29, 1.82) is 0 Å². The van der Waals surface area contributed by atoms with Crippen molar-refractivity contribution < 1.29 is 17.5 Å². The van der Waals surface area contributed by atoms with Crippen LogP contribution in [-0.4, -0.2) is 26.5 Å². The normalized spacial score (nSPS) is 14.3. The molecule has 102 valence electrons. The van der Waals surface area contributed by atoms with E-state index in [1.807, 2.05) is 0 Å². The summed E-state index contributed by atoms with van der Waals surface area (Å²) >= 11 is 3.34. The fraction of sp³-hybridized carbons (Fsp3) is 0.500. The minimum absolute atomic E-state index is 0.135. The molecule has 1 aromatic carbocycles. The van der Waals surface area contributed by atoms with Gasteiger partial charge in [-0.2, -0.15) is 0 Å². The quantitative estimate of drug-likeness (QED) is 0.792. The molecule has 0 bridgehead atoms. The Morgan fingerprint density at radius 3 is 2.33 bits per heavy atom. The standard InChI is InChI=1S/C12H16BrFO3S/c1-12(2,18(4,15)16)11(13)8-5-6-10(17-3)9(14)7-8/h5-7,11H,1-4H3. The summed E-state index contributed by atoms with van der Waals surface area (Å²) in [5.74, 6) is -0.376. The molecule has 1 unspecified atom stereocenters. The van der Waals surface area contributed by atoms with E-state index in [9.17, 15) is 12.8 Å². The molecule has 1 rings (SSSR count). The van der Waals surface area contributed by atoms with E-state index in [1.165, 1.54) is 25.5 Å². The summed E-state index contributed by atoms with van der Waals surface area (Å²) < 4.78 is 40.8. The van der Waals surface area contributed by atoms with Crippen molar-refractivity contribution in [1.82, 2.24) is 0 Å². The van der Waals surface area contributed by atoms with E-state index in [0.717, 1.165) is 0 Å². The van der Waals surface area contributed by atoms with Crippen molar-refractivity contribution in [3.63, 3.8) is 0 Å². The van der Waals surface area contributed by atoms with Crippen molar-refractivity contribution in [3.05, 3.63) is 29.6 Å². The second kappa shape index (κ2) is 5.17. The van der Waals surface area contributed by atoms with E-state index in [4.69, 9.17) is 4.74 Å². The third kappa shape index (κ3) is 2.85. The SMILES string of the molecule is COc1ccc(C(Br)C(C)(C)S(C)(=O)=O)cc1F. The van der Waals surface area contributed by atoms with Crippen LogP contribution in [0.2, 0.25) is 0 Å². The molecule has 0 fully saturated rings. The topological polar surface area (TPSA) is 43.4 Å². The zero-order valence-corrected chi connectivity index (χ0v) is 13.1. The predicted molar refractivity (Wildman–Crippen MR) is 73.5 cm³/mol. The molecule has 1 aromatic rings. The van der Waals surface area contributed by atoms with Gasteiger partial charge in [-0.25, -0.2) is 12.8 Å². The van der Waals surface area contributed by atoms with E-state index in [0.29, 0.717) is 5.56 Å². The first-order valence-electron chi connectivity index (χ1n) is 5.28. The Balaban J connectivity index is 3.20. The van der Waals surface area contributed by atoms with Gasteiger partial charge in [0.15, 0.2) is 21.4 Å². The van der Waals surface area contributed by atoms with Crippen molar-refractivity contribution >= 4 is 25.8 Å². The molecule has 6 heteroatoms. The summed E-state index contributed by atoms with van der Waals surface area (Å²) in [6.45, 7) is 3.20. The molecule has 0 aliphatic carbocycles. The minimum atomic E-state index is -3.28. The molecule has 0 saturated heterocycles. The summed E-state index contributed by atoms with van der Waals surface area (Å²) in [4.78, 5) is -0.500. The molecule has 1 atom stereocenters. The maximum absolute atomic E-state index is 13.6. The molecular weight excluding hydrogens is 323 g/mol. The van der Waals surface area contributed by atoms with Crippen LogP contribution in [0.1, 0.15) is 24.2 Å². The highest BCUT2D eigenvalue weighted by atomic mass is 79.9. The van der Waals surface area contributed by atoms with Crippen molar-refractivity contribution in [2.24, 2.45) is 0 Å². The zero-order valence-electron chi connectivity index (χ0n) is 10.7. The summed E-state index contributed by atoms with van der Waals surface area (Å²) in [5, 5.41) is 0. The van der Waals surface area contributed by atoms with Crippen molar-refractivity contribution in [3.8, 4) is 5.75 Å². The van der Waals surface area contributed by atoms with Gasteiger partial charge in [-0.1, -0.05) is 22.0 Å². The van der Waals surface area contributed by atoms with Gasteiger partial charge in [-0.3, -0.25) is 0 Å². The van der Waals surface area contributed by atoms with E-state index < -0.39 is 25.2 Å². The first-order valence-corrected chi connectivity index (χ1v) is 8.09. The summed E-state index contributed by atoms with van der Waals surface area (Å²) in [7, 11) is -1.90. The number of methoxy groups -OCH3 is 1. The van der Waals surface area contributed by atoms with E-state index in [2.05, 4.69) is 15.9 Å². The van der Waals surface area contributed by atoms with E-state index in [-0.39, 0.29) is 5.75 Å². The second-order valence-corrected chi connectivity index (χ2v) is 8.14. The lowest BCUT2D eigenvalue weighted by atomic mass is 10.0. The van der Waals surface area contributed by atoms with Crippen LogP contribution in [0.4, 0.5) is 4.39 Å². The van der Waals surface area contributed by atoms with Gasteiger partial charge in [0.1, 0.15) is 0 Å². The van der Waals surface area contributed by atoms with Crippen LogP contribution in [0.25, 0.3) is 0 Å². The van der Waals surface area contributed by atoms with Gasteiger partial charge >= 0.3 is 0 Å². The van der Waals surface area contributed by atoms with E-state index in [1.54, 1.807) is 19.9 Å². The highest BCUT2D eigenvalue weighted by molar-refractivity contribution is 9.09. The molecular formula is C12H16BrFO3S. The van der Waals surface area contributed by atoms with Gasteiger partial charge in [0.05, 0.1) is 16.7 Å².